The van der Waals surface area contributed by atoms with Crippen molar-refractivity contribution in [2.75, 3.05) is 14.2 Å². The second-order valence-electron chi connectivity index (χ2n) is 10.5. The van der Waals surface area contributed by atoms with Gasteiger partial charge in [0.15, 0.2) is 17.3 Å². The highest BCUT2D eigenvalue weighted by molar-refractivity contribution is 6.09. The van der Waals surface area contributed by atoms with Gasteiger partial charge in [0.2, 0.25) is 0 Å². The van der Waals surface area contributed by atoms with E-state index in [0.29, 0.717) is 35.6 Å². The second kappa shape index (κ2) is 11.0. The van der Waals surface area contributed by atoms with E-state index in [4.69, 9.17) is 19.2 Å². The number of ketones is 1. The van der Waals surface area contributed by atoms with Crippen LogP contribution in [0.1, 0.15) is 74.8 Å². The zero-order valence-electron chi connectivity index (χ0n) is 22.2. The van der Waals surface area contributed by atoms with Crippen molar-refractivity contribution >= 4 is 17.5 Å². The number of ether oxygens (including phenoxy) is 3. The summed E-state index contributed by atoms with van der Waals surface area (Å²) in [6, 6.07) is 12.5. The lowest BCUT2D eigenvalue weighted by molar-refractivity contribution is -0.153. The fourth-order valence-electron chi connectivity index (χ4n) is 6.17. The number of phenols is 1. The molecule has 1 unspecified atom stereocenters. The van der Waals surface area contributed by atoms with Gasteiger partial charge in [-0.3, -0.25) is 14.6 Å². The first-order valence-corrected chi connectivity index (χ1v) is 13.4. The van der Waals surface area contributed by atoms with Crippen LogP contribution < -0.4 is 9.47 Å². The molecular formula is C31H35NO6. The Labute approximate surface area is 223 Å². The van der Waals surface area contributed by atoms with Crippen molar-refractivity contribution in [1.29, 1.82) is 0 Å². The first-order valence-electron chi connectivity index (χ1n) is 13.4. The van der Waals surface area contributed by atoms with Crippen LogP contribution in [0.2, 0.25) is 0 Å². The lowest BCUT2D eigenvalue weighted by Gasteiger charge is -2.37. The highest BCUT2D eigenvalue weighted by atomic mass is 16.5. The molecule has 1 fully saturated rings. The molecule has 3 atom stereocenters. The van der Waals surface area contributed by atoms with Crippen molar-refractivity contribution in [3.8, 4) is 17.2 Å². The minimum atomic E-state index is -0.679. The quantitative estimate of drug-likeness (QED) is 0.482. The minimum absolute atomic E-state index is 0.0178. The fraction of sp³-hybridized carbons (Fsp3) is 0.452. The predicted molar refractivity (Wildman–Crippen MR) is 144 cm³/mol. The van der Waals surface area contributed by atoms with Crippen LogP contribution in [-0.2, 0) is 14.3 Å². The molecule has 0 saturated heterocycles. The maximum atomic E-state index is 13.8. The highest BCUT2D eigenvalue weighted by Gasteiger charge is 2.45. The molecule has 3 aliphatic rings. The summed E-state index contributed by atoms with van der Waals surface area (Å²) in [5, 5.41) is 9.91. The maximum absolute atomic E-state index is 13.8. The Kier molecular flexibility index (Phi) is 7.54. The third-order valence-corrected chi connectivity index (χ3v) is 8.11. The number of nitrogens with zero attached hydrogens (tertiary/aromatic N) is 1. The summed E-state index contributed by atoms with van der Waals surface area (Å²) in [6.07, 6.45) is 5.83. The summed E-state index contributed by atoms with van der Waals surface area (Å²) >= 11 is 0. The van der Waals surface area contributed by atoms with Gasteiger partial charge in [-0.1, -0.05) is 24.6 Å². The van der Waals surface area contributed by atoms with E-state index in [9.17, 15) is 14.7 Å². The van der Waals surface area contributed by atoms with E-state index in [1.54, 1.807) is 38.5 Å². The third kappa shape index (κ3) is 5.06. The van der Waals surface area contributed by atoms with E-state index >= 15 is 0 Å². The van der Waals surface area contributed by atoms with Crippen LogP contribution in [0.3, 0.4) is 0 Å². The van der Waals surface area contributed by atoms with Crippen molar-refractivity contribution in [2.24, 2.45) is 10.9 Å². The van der Waals surface area contributed by atoms with Crippen molar-refractivity contribution < 1.29 is 28.9 Å². The normalized spacial score (nSPS) is 23.9. The maximum Gasteiger partial charge on any atom is 0.315 e. The molecular weight excluding hydrogens is 482 g/mol. The van der Waals surface area contributed by atoms with Gasteiger partial charge >= 0.3 is 5.97 Å². The van der Waals surface area contributed by atoms with Gasteiger partial charge in [0, 0.05) is 29.3 Å². The smallest absolute Gasteiger partial charge is 0.315 e. The van der Waals surface area contributed by atoms with Crippen molar-refractivity contribution in [2.45, 2.75) is 69.8 Å². The molecule has 2 aromatic carbocycles. The van der Waals surface area contributed by atoms with Gasteiger partial charge in [-0.15, -0.1) is 0 Å². The van der Waals surface area contributed by atoms with Crippen molar-refractivity contribution in [1.82, 2.24) is 0 Å². The van der Waals surface area contributed by atoms with Crippen molar-refractivity contribution in [3.05, 3.63) is 64.9 Å². The number of aromatic hydroxyl groups is 1. The Morgan fingerprint density at radius 3 is 2.29 bits per heavy atom. The zero-order valence-corrected chi connectivity index (χ0v) is 22.2. The van der Waals surface area contributed by atoms with E-state index in [1.165, 1.54) is 6.42 Å². The SMILES string of the molecule is COc1ccc([C@H]2CC(=O)C3=C(C2)N=C(C)C(C(=O)OC2CCCCC2)[C@@H]3c2ccc(O)cc2)cc1OC. The molecule has 1 heterocycles. The monoisotopic (exact) mass is 517 g/mol. The second-order valence-corrected chi connectivity index (χ2v) is 10.5. The predicted octanol–water partition coefficient (Wildman–Crippen LogP) is 5.86. The number of aliphatic imine (C=N–C) groups is 1. The number of methoxy groups -OCH3 is 2. The van der Waals surface area contributed by atoms with Crippen LogP contribution in [0.25, 0.3) is 0 Å². The van der Waals surface area contributed by atoms with Crippen LogP contribution in [0.5, 0.6) is 17.2 Å². The molecule has 5 rings (SSSR count). The van der Waals surface area contributed by atoms with Gasteiger partial charge in [-0.25, -0.2) is 0 Å². The molecule has 0 bridgehead atoms. The summed E-state index contributed by atoms with van der Waals surface area (Å²) in [5.74, 6) is -0.198. The summed E-state index contributed by atoms with van der Waals surface area (Å²) < 4.78 is 16.9. The average Bonchev–Trinajstić information content (AvgIpc) is 2.92. The van der Waals surface area contributed by atoms with Crippen LogP contribution in [-0.4, -0.2) is 42.9 Å². The van der Waals surface area contributed by atoms with Gasteiger partial charge in [-0.05, 0) is 80.3 Å². The lowest BCUT2D eigenvalue weighted by Crippen LogP contribution is -2.39. The van der Waals surface area contributed by atoms with Gasteiger partial charge in [0.05, 0.1) is 14.2 Å². The first kappa shape index (κ1) is 26.0. The molecule has 1 saturated carbocycles. The number of hydrogen-bond acceptors (Lipinski definition) is 7. The Bertz CT molecular complexity index is 1270. The Balaban J connectivity index is 1.51. The molecule has 0 radical (unpaired) electrons. The molecule has 7 heteroatoms. The molecule has 0 spiro atoms. The van der Waals surface area contributed by atoms with Gasteiger partial charge in [-0.2, -0.15) is 0 Å². The molecule has 38 heavy (non-hydrogen) atoms. The standard InChI is InChI=1S/C31H35NO6/c1-18-28(31(35)38-23-7-5-4-6-8-23)29(19-9-12-22(33)13-10-19)30-24(32-18)15-21(16-25(30)34)20-11-14-26(36-2)27(17-20)37-3/h9-14,17,21,23,28-29,33H,4-8,15-16H2,1-3H3/t21-,28?,29+/m1/s1. The van der Waals surface area contributed by atoms with Gasteiger partial charge < -0.3 is 19.3 Å². The summed E-state index contributed by atoms with van der Waals surface area (Å²) in [4.78, 5) is 32.3. The number of esters is 1. The van der Waals surface area contributed by atoms with Gasteiger partial charge in [0.25, 0.3) is 0 Å². The Morgan fingerprint density at radius 1 is 0.921 bits per heavy atom. The summed E-state index contributed by atoms with van der Waals surface area (Å²) in [5.41, 5.74) is 3.74. The van der Waals surface area contributed by atoms with E-state index in [1.807, 2.05) is 25.1 Å². The zero-order chi connectivity index (χ0) is 26.8. The number of Topliss-reactive ketones (excluding diaryl/α,β-unsaturated/α-hetero) is 1. The number of rotatable bonds is 6. The summed E-state index contributed by atoms with van der Waals surface area (Å²) in [6.45, 7) is 1.86. The van der Waals surface area contributed by atoms with Crippen LogP contribution in [0.4, 0.5) is 0 Å². The van der Waals surface area contributed by atoms with E-state index in [2.05, 4.69) is 0 Å². The molecule has 1 aliphatic heterocycles. The highest BCUT2D eigenvalue weighted by Crippen LogP contribution is 2.48. The van der Waals surface area contributed by atoms with E-state index in [0.717, 1.165) is 42.5 Å². The molecule has 0 amide bonds. The Morgan fingerprint density at radius 2 is 1.61 bits per heavy atom. The molecule has 2 aliphatic carbocycles. The molecule has 0 aromatic heterocycles. The average molecular weight is 518 g/mol. The van der Waals surface area contributed by atoms with E-state index < -0.39 is 11.8 Å². The number of carbonyl (C=O) groups excluding carboxylic acids is 2. The van der Waals surface area contributed by atoms with Gasteiger partial charge in [0.1, 0.15) is 17.8 Å². The Hall–Kier alpha value is -3.61. The van der Waals surface area contributed by atoms with Crippen LogP contribution in [0.15, 0.2) is 58.7 Å². The topological polar surface area (TPSA) is 94.4 Å². The fourth-order valence-corrected chi connectivity index (χ4v) is 6.17. The molecule has 1 N–H and O–H groups in total. The summed E-state index contributed by atoms with van der Waals surface area (Å²) in [7, 11) is 3.19. The van der Waals surface area contributed by atoms with Crippen LogP contribution >= 0.6 is 0 Å². The number of carbonyl (C=O) groups is 2. The third-order valence-electron chi connectivity index (χ3n) is 8.11. The first-order chi connectivity index (χ1) is 18.4. The molecule has 2 aromatic rings. The number of phenolic OH excluding ortho intramolecular Hbond substituents is 1. The molecule has 7 nitrogen and oxygen atoms in total. The lowest BCUT2D eigenvalue weighted by atomic mass is 9.69. The van der Waals surface area contributed by atoms with Crippen molar-refractivity contribution in [3.63, 3.8) is 0 Å². The van der Waals surface area contributed by atoms with E-state index in [-0.39, 0.29) is 29.5 Å². The van der Waals surface area contributed by atoms with Crippen LogP contribution in [0, 0.1) is 5.92 Å². The number of hydrogen-bond donors (Lipinski definition) is 1. The largest absolute Gasteiger partial charge is 0.508 e. The number of benzene rings is 2. The number of allylic oxidation sites excluding steroid dienone is 2. The minimum Gasteiger partial charge on any atom is -0.508 e. The molecule has 200 valence electrons.